The molecule has 0 aromatic heterocycles. The minimum Gasteiger partial charge on any atom is -3.00 e. The first-order valence-electron chi connectivity index (χ1n) is 0. The second kappa shape index (κ2) is 25.5. The van der Waals surface area contributed by atoms with Crippen molar-refractivity contribution in [3.05, 3.63) is 12.3 Å². The monoisotopic (exact) mass is 212 g/mol. The van der Waals surface area contributed by atoms with Gasteiger partial charge in [0.05, 0.1) is 0 Å². The molecular weight excluding hydrogens is 213 g/mol. The largest absolute Gasteiger partial charge is 3.00 e. The van der Waals surface area contributed by atoms with Crippen LogP contribution in [0.3, 0.4) is 0 Å². The normalized spacial score (nSPS) is 0. The van der Waals surface area contributed by atoms with Crippen LogP contribution in [0.25, 0.3) is 12.3 Å². The Labute approximate surface area is 57.7 Å². The van der Waals surface area contributed by atoms with Gasteiger partial charge in [-0.25, -0.2) is 0 Å². The van der Waals surface area contributed by atoms with E-state index in [4.69, 9.17) is 0 Å². The Morgan fingerprint density at radius 3 is 0.750 bits per heavy atom. The average molecular weight is 213 g/mol. The van der Waals surface area contributed by atoms with Gasteiger partial charge in [-0.1, -0.05) is 0 Å². The Morgan fingerprint density at radius 2 is 0.750 bits per heavy atom. The summed E-state index contributed by atoms with van der Waals surface area (Å²) in [4.78, 5) is 0. The minimum absolute atomic E-state index is 0. The molecule has 2 nitrogen and oxygen atoms in total. The van der Waals surface area contributed by atoms with Gasteiger partial charge >= 0.3 is 45.6 Å². The van der Waals surface area contributed by atoms with Crippen molar-refractivity contribution in [2.24, 2.45) is 0 Å². The van der Waals surface area contributed by atoms with Crippen molar-refractivity contribution >= 4 is 45.6 Å². The molecule has 0 saturated heterocycles. The van der Waals surface area contributed by atoms with Crippen LogP contribution in [0.1, 0.15) is 0 Å². The molecule has 0 spiro atoms. The molecule has 0 amide bonds. The summed E-state index contributed by atoms with van der Waals surface area (Å²) in [6.07, 6.45) is 0. The van der Waals surface area contributed by atoms with Crippen LogP contribution in [-0.2, 0) is 0 Å². The number of hydrogen-bond donors (Lipinski definition) is 0. The van der Waals surface area contributed by atoms with Crippen molar-refractivity contribution in [1.82, 2.24) is 0 Å². The first-order valence-corrected chi connectivity index (χ1v) is 0. The quantitative estimate of drug-likeness (QED) is 0.500. The maximum atomic E-state index is 0. The van der Waals surface area contributed by atoms with E-state index < -0.39 is 0 Å². The first kappa shape index (κ1) is 52.3. The SMILES string of the molecule is [Ga+3].[In+3].[N-3].[N-3]. The van der Waals surface area contributed by atoms with Crippen LogP contribution >= 0.6 is 0 Å². The summed E-state index contributed by atoms with van der Waals surface area (Å²) in [6.45, 7) is 0. The van der Waals surface area contributed by atoms with E-state index in [2.05, 4.69) is 0 Å². The molecule has 4 heavy (non-hydrogen) atoms. The summed E-state index contributed by atoms with van der Waals surface area (Å²) in [5.74, 6) is 0. The van der Waals surface area contributed by atoms with Gasteiger partial charge in [0, 0.05) is 0 Å². The predicted octanol–water partition coefficient (Wildman–Crippen LogP) is -0.184. The molecule has 0 rings (SSSR count). The zero-order chi connectivity index (χ0) is 0. The average Bonchev–Trinajstić information content (AvgIpc) is 0. The summed E-state index contributed by atoms with van der Waals surface area (Å²) in [5, 5.41) is 0. The van der Waals surface area contributed by atoms with Crippen molar-refractivity contribution in [1.29, 1.82) is 0 Å². The van der Waals surface area contributed by atoms with Gasteiger partial charge in [-0.3, -0.25) is 0 Å². The molecule has 0 saturated carbocycles. The minimum atomic E-state index is 0. The molecule has 0 atom stereocenters. The van der Waals surface area contributed by atoms with Crippen molar-refractivity contribution in [3.8, 4) is 0 Å². The second-order valence-electron chi connectivity index (χ2n) is 0. The Bertz CT molecular complexity index is 6.00. The third-order valence-electron chi connectivity index (χ3n) is 0. The van der Waals surface area contributed by atoms with Gasteiger partial charge in [-0.15, -0.1) is 0 Å². The molecule has 0 heterocycles. The number of hydrogen-bond acceptors (Lipinski definition) is 0. The van der Waals surface area contributed by atoms with Crippen molar-refractivity contribution in [2.45, 2.75) is 0 Å². The molecule has 0 aliphatic heterocycles. The van der Waals surface area contributed by atoms with Crippen LogP contribution in [0.2, 0.25) is 0 Å². The van der Waals surface area contributed by atoms with Crippen LogP contribution in [0.5, 0.6) is 0 Å². The Kier molecular flexibility index (Phi) is 334. The Balaban J connectivity index is 0. The molecule has 0 radical (unpaired) electrons. The maximum absolute atomic E-state index is 0. The van der Waals surface area contributed by atoms with Crippen molar-refractivity contribution < 1.29 is 0 Å². The van der Waals surface area contributed by atoms with Gasteiger partial charge < -0.3 is 12.3 Å². The summed E-state index contributed by atoms with van der Waals surface area (Å²) >= 11 is 0. The van der Waals surface area contributed by atoms with Crippen LogP contribution in [-0.4, -0.2) is 45.6 Å². The van der Waals surface area contributed by atoms with Crippen molar-refractivity contribution in [3.63, 3.8) is 0 Å². The van der Waals surface area contributed by atoms with E-state index in [1.807, 2.05) is 0 Å². The standard InChI is InChI=1S/Ga.In.2N/q2*+3;2*-3. The predicted molar refractivity (Wildman–Crippen MR) is 18.2 cm³/mol. The first-order chi connectivity index (χ1) is 0. The molecule has 16 valence electrons. The number of rotatable bonds is 0. The molecular formula is GaInN2. The van der Waals surface area contributed by atoms with E-state index in [0.717, 1.165) is 0 Å². The third-order valence-corrected chi connectivity index (χ3v) is 0. The van der Waals surface area contributed by atoms with E-state index in [-0.39, 0.29) is 57.9 Å². The van der Waals surface area contributed by atoms with Gasteiger partial charge in [-0.05, 0) is 0 Å². The summed E-state index contributed by atoms with van der Waals surface area (Å²) in [6, 6.07) is 0. The van der Waals surface area contributed by atoms with E-state index in [9.17, 15) is 0 Å². The third kappa shape index (κ3) is 9.91. The van der Waals surface area contributed by atoms with E-state index >= 15 is 0 Å². The van der Waals surface area contributed by atoms with Crippen LogP contribution in [0.4, 0.5) is 0 Å². The smallest absolute Gasteiger partial charge is 3.00 e. The summed E-state index contributed by atoms with van der Waals surface area (Å²) in [5.41, 5.74) is 0. The van der Waals surface area contributed by atoms with E-state index in [0.29, 0.717) is 0 Å². The van der Waals surface area contributed by atoms with Gasteiger partial charge in [0.1, 0.15) is 0 Å². The van der Waals surface area contributed by atoms with E-state index in [1.165, 1.54) is 0 Å². The molecule has 0 aliphatic carbocycles. The van der Waals surface area contributed by atoms with Gasteiger partial charge in [0.2, 0.25) is 0 Å². The molecule has 4 heteroatoms. The molecule has 0 bridgehead atoms. The van der Waals surface area contributed by atoms with Gasteiger partial charge in [0.15, 0.2) is 0 Å². The summed E-state index contributed by atoms with van der Waals surface area (Å²) in [7, 11) is 0. The molecule has 0 fully saturated rings. The van der Waals surface area contributed by atoms with Gasteiger partial charge in [0.25, 0.3) is 0 Å². The number of nitrogens with zero attached hydrogens (tertiary/aromatic N) is 2. The van der Waals surface area contributed by atoms with Gasteiger partial charge in [-0.2, -0.15) is 0 Å². The molecule has 0 unspecified atom stereocenters. The Hall–Kier alpha value is 1.43. The van der Waals surface area contributed by atoms with Crippen LogP contribution < -0.4 is 0 Å². The molecule has 0 N–H and O–H groups in total. The Morgan fingerprint density at radius 1 is 0.750 bits per heavy atom. The fourth-order valence-corrected chi connectivity index (χ4v) is 0. The van der Waals surface area contributed by atoms with Crippen LogP contribution in [0.15, 0.2) is 0 Å². The summed E-state index contributed by atoms with van der Waals surface area (Å²) < 4.78 is 0. The fraction of sp³-hybridized carbons (Fsp3) is 0. The van der Waals surface area contributed by atoms with E-state index in [1.54, 1.807) is 0 Å². The molecule has 0 aromatic carbocycles. The molecule has 0 aliphatic rings. The fourth-order valence-electron chi connectivity index (χ4n) is 0. The zero-order valence-electron chi connectivity index (χ0n) is 2.05. The second-order valence-corrected chi connectivity index (χ2v) is 0. The molecule has 0 aromatic rings. The topological polar surface area (TPSA) is 61.0 Å². The zero-order valence-corrected chi connectivity index (χ0v) is 7.77. The maximum Gasteiger partial charge on any atom is 3.00 e. The van der Waals surface area contributed by atoms with Crippen molar-refractivity contribution in [2.75, 3.05) is 0 Å². The van der Waals surface area contributed by atoms with Crippen LogP contribution in [0, 0.1) is 0 Å².